The number of aryl methyl sites for hydroxylation is 2. The van der Waals surface area contributed by atoms with Gasteiger partial charge in [0.25, 0.3) is 0 Å². The lowest BCUT2D eigenvalue weighted by Gasteiger charge is -2.35. The first-order valence-electron chi connectivity index (χ1n) is 45.1. The molecule has 8 aliphatic heterocycles. The maximum atomic E-state index is 5.60. The molecule has 0 aromatic carbocycles. The lowest BCUT2D eigenvalue weighted by Crippen LogP contribution is -2.40. The lowest BCUT2D eigenvalue weighted by molar-refractivity contribution is 0.0838. The van der Waals surface area contributed by atoms with Crippen LogP contribution in [0.4, 0.5) is 29.1 Å². The van der Waals surface area contributed by atoms with Gasteiger partial charge in [0.05, 0.1) is 87.2 Å². The third kappa shape index (κ3) is 13.7. The van der Waals surface area contributed by atoms with Crippen molar-refractivity contribution in [3.05, 3.63) is 151 Å². The highest BCUT2D eigenvalue weighted by atomic mass is 16.5. The molecule has 3 saturated heterocycles. The van der Waals surface area contributed by atoms with Crippen LogP contribution in [0.1, 0.15) is 198 Å². The number of pyridine rings is 5. The number of hydrogen-bond acceptors (Lipinski definition) is 18. The number of ether oxygens (including phenoxy) is 3. The van der Waals surface area contributed by atoms with Crippen molar-refractivity contribution in [3.63, 3.8) is 0 Å². The van der Waals surface area contributed by atoms with E-state index in [0.717, 1.165) is 219 Å². The Morgan fingerprint density at radius 3 is 0.861 bits per heavy atom. The van der Waals surface area contributed by atoms with Crippen molar-refractivity contribution in [2.24, 2.45) is 7.05 Å². The average Bonchev–Trinajstić information content (AvgIpc) is 1.61. The first-order valence-corrected chi connectivity index (χ1v) is 45.1. The number of rotatable bonds is 9. The summed E-state index contributed by atoms with van der Waals surface area (Å²) in [5.41, 5.74) is 23.4. The minimum Gasteiger partial charge on any atom is -0.381 e. The van der Waals surface area contributed by atoms with Crippen LogP contribution in [-0.2, 0) is 60.5 Å². The van der Waals surface area contributed by atoms with Gasteiger partial charge in [-0.2, -0.15) is 25.5 Å². The Morgan fingerprint density at radius 1 is 0.311 bits per heavy atom. The average molecular weight is 1640 g/mol. The molecule has 28 heteroatoms. The summed E-state index contributed by atoms with van der Waals surface area (Å²) in [5, 5.41) is 45.0. The van der Waals surface area contributed by atoms with E-state index >= 15 is 0 Å². The fourth-order valence-corrected chi connectivity index (χ4v) is 21.5. The Kier molecular flexibility index (Phi) is 20.8. The fraction of sp³-hybridized carbons (Fsp3) is 0.468. The molecule has 0 radical (unpaired) electrons. The van der Waals surface area contributed by atoms with E-state index in [9.17, 15) is 0 Å². The van der Waals surface area contributed by atoms with Crippen molar-refractivity contribution in [3.8, 4) is 56.3 Å². The van der Waals surface area contributed by atoms with E-state index in [-0.39, 0.29) is 0 Å². The maximum absolute atomic E-state index is 5.60. The second kappa shape index (κ2) is 32.6. The van der Waals surface area contributed by atoms with Crippen molar-refractivity contribution in [2.45, 2.75) is 239 Å². The first kappa shape index (κ1) is 77.7. The minimum absolute atomic E-state index is 0.420. The number of fused-ring (bicyclic) bond motifs is 10. The van der Waals surface area contributed by atoms with Crippen LogP contribution >= 0.6 is 0 Å². The topological polar surface area (TPSA) is 276 Å². The highest BCUT2D eigenvalue weighted by molar-refractivity contribution is 6.06. The fourth-order valence-electron chi connectivity index (χ4n) is 21.5. The molecule has 15 aromatic rings. The van der Waals surface area contributed by atoms with E-state index in [4.69, 9.17) is 39.1 Å². The van der Waals surface area contributed by atoms with E-state index in [2.05, 4.69) is 215 Å². The Labute approximate surface area is 710 Å². The summed E-state index contributed by atoms with van der Waals surface area (Å²) in [6, 6.07) is 25.0. The molecule has 2 aliphatic carbocycles. The molecule has 23 heterocycles. The Morgan fingerprint density at radius 2 is 0.566 bits per heavy atom. The quantitative estimate of drug-likeness (QED) is 0.0898. The molecule has 28 nitrogen and oxygen atoms in total. The molecule has 2 saturated carbocycles. The zero-order chi connectivity index (χ0) is 82.4. The third-order valence-corrected chi connectivity index (χ3v) is 27.8. The Hall–Kier alpha value is -11.6. The summed E-state index contributed by atoms with van der Waals surface area (Å²) >= 11 is 0. The number of aromatic nitrogens is 20. The van der Waals surface area contributed by atoms with Crippen LogP contribution < -0.4 is 24.5 Å². The summed E-state index contributed by atoms with van der Waals surface area (Å²) < 4.78 is 28.4. The number of nitrogens with one attached hydrogen (secondary N) is 5. The van der Waals surface area contributed by atoms with Gasteiger partial charge >= 0.3 is 0 Å². The van der Waals surface area contributed by atoms with Gasteiger partial charge in [0, 0.05) is 220 Å². The summed E-state index contributed by atoms with van der Waals surface area (Å²) in [6.07, 6.45) is 39.8. The molecule has 10 aliphatic rings. The molecule has 0 atom stereocenters. The smallest absolute Gasteiger partial charge is 0.140 e. The molecule has 0 unspecified atom stereocenters. The third-order valence-electron chi connectivity index (χ3n) is 27.8. The van der Waals surface area contributed by atoms with Gasteiger partial charge in [0.2, 0.25) is 0 Å². The monoisotopic (exact) mass is 1640 g/mol. The summed E-state index contributed by atoms with van der Waals surface area (Å²) in [6.45, 7) is 26.1. The molecule has 0 spiro atoms. The molecule has 5 N–H and O–H groups in total. The lowest BCUT2D eigenvalue weighted by atomic mass is 9.94. The molecule has 632 valence electrons. The zero-order valence-electron chi connectivity index (χ0n) is 71.6. The standard InChI is InChI=1S/2C20H25N5.C19H23N5O.C18H21N5O.C17H19N5O/c2*1-13(2)24-11-9-15-17(24)12-25(14-6-4-3-5-7-14)20-18-16(8-10-21-20)22-23-19(15)18;1-12(2)23-8-4-14-16(23)11-24(13-5-9-25-10-6-13)19-17-15(3-7-20-19)21-22-18(14)17;1-2-22-8-4-13-15(22)11-23(12-5-9-24-10-6-12)18-16-14(3-7-19-18)20-21-17(13)16;1-21-7-3-12-14(21)10-22(11-4-8-23-9-5-11)17-15-13(2-6-18-17)19-20-16(12)15/h2*8-11,13-14H,3-7,12H2,1-2H3,(H,22,23);3-4,7-8,12-13H,5-6,9-11H2,1-2H3,(H,21,22);3-4,7-8,12H,2,5-6,9-11H2,1H3,(H,20,21);2-3,6-7,11H,4-5,8-10H2,1H3,(H,19,20). The SMILES string of the molecule is CC(C)n1ccc2c1CN(C1CCCCC1)c1nccc3[nH]nc-2c13.CC(C)n1ccc2c1CN(C1CCCCC1)c1nccc3[nH]nc-2c13.CC(C)n1ccc2c1CN(C1CCOCC1)c1nccc3[nH]nc-2c13.CCn1ccc2c1CN(C1CCOCC1)c1nccc3[nH]nc-2c13.Cn1ccc2c1CN(C1CCOCC1)c1nccc3[nH]nc-2c13. The van der Waals surface area contributed by atoms with Gasteiger partial charge in [-0.1, -0.05) is 38.5 Å². The van der Waals surface area contributed by atoms with Gasteiger partial charge in [-0.3, -0.25) is 25.5 Å². The van der Waals surface area contributed by atoms with Crippen LogP contribution in [-0.4, -0.2) is 169 Å². The molecule has 5 fully saturated rings. The summed E-state index contributed by atoms with van der Waals surface area (Å²) in [7, 11) is 2.11. The first-order chi connectivity index (χ1) is 59.9. The van der Waals surface area contributed by atoms with Crippen LogP contribution in [0.5, 0.6) is 0 Å². The second-order valence-corrected chi connectivity index (χ2v) is 35.7. The van der Waals surface area contributed by atoms with E-state index in [1.807, 2.05) is 61.3 Å². The van der Waals surface area contributed by atoms with Crippen LogP contribution in [0, 0.1) is 0 Å². The van der Waals surface area contributed by atoms with Crippen molar-refractivity contribution in [2.75, 3.05) is 64.1 Å². The predicted octanol–water partition coefficient (Wildman–Crippen LogP) is 18.2. The highest BCUT2D eigenvalue weighted by Crippen LogP contribution is 2.49. The summed E-state index contributed by atoms with van der Waals surface area (Å²) in [4.78, 5) is 36.4. The van der Waals surface area contributed by atoms with Crippen molar-refractivity contribution in [1.82, 2.24) is 98.7 Å². The van der Waals surface area contributed by atoms with E-state index in [0.29, 0.717) is 48.3 Å². The van der Waals surface area contributed by atoms with E-state index < -0.39 is 0 Å². The molecular formula is C94H113N25O3. The van der Waals surface area contributed by atoms with Gasteiger partial charge in [-0.15, -0.1) is 0 Å². The highest BCUT2D eigenvalue weighted by Gasteiger charge is 2.39. The van der Waals surface area contributed by atoms with Gasteiger partial charge < -0.3 is 61.5 Å². The molecule has 0 bridgehead atoms. The van der Waals surface area contributed by atoms with Crippen LogP contribution in [0.2, 0.25) is 0 Å². The van der Waals surface area contributed by atoms with Crippen molar-refractivity contribution >= 4 is 83.6 Å². The minimum atomic E-state index is 0.420. The second-order valence-electron chi connectivity index (χ2n) is 35.7. The maximum Gasteiger partial charge on any atom is 0.140 e. The molecule has 122 heavy (non-hydrogen) atoms. The number of anilines is 5. The molecule has 25 rings (SSSR count). The Bertz CT molecular complexity index is 5900. The molecule has 0 amide bonds. The van der Waals surface area contributed by atoms with Gasteiger partial charge in [0.1, 0.15) is 57.6 Å². The Balaban J connectivity index is 0.0000000939. The van der Waals surface area contributed by atoms with Crippen LogP contribution in [0.3, 0.4) is 0 Å². The van der Waals surface area contributed by atoms with Gasteiger partial charge in [0.15, 0.2) is 0 Å². The number of nitrogens with zero attached hydrogens (tertiary/aromatic N) is 20. The zero-order valence-corrected chi connectivity index (χ0v) is 71.6. The van der Waals surface area contributed by atoms with Crippen LogP contribution in [0.25, 0.3) is 111 Å². The molecular weight excluding hydrogens is 1530 g/mol. The van der Waals surface area contributed by atoms with Crippen molar-refractivity contribution in [1.29, 1.82) is 0 Å². The summed E-state index contributed by atoms with van der Waals surface area (Å²) in [5.74, 6) is 5.38. The van der Waals surface area contributed by atoms with Crippen molar-refractivity contribution < 1.29 is 14.2 Å². The van der Waals surface area contributed by atoms with E-state index in [1.54, 1.807) is 0 Å². The predicted molar refractivity (Wildman–Crippen MR) is 481 cm³/mol. The van der Waals surface area contributed by atoms with Gasteiger partial charge in [-0.05, 0) is 173 Å². The van der Waals surface area contributed by atoms with E-state index in [1.165, 1.54) is 131 Å². The molecule has 15 aromatic heterocycles. The number of hydrogen-bond donors (Lipinski definition) is 5. The number of H-pyrrole nitrogens is 5. The number of aromatic amines is 5. The van der Waals surface area contributed by atoms with Gasteiger partial charge in [-0.25, -0.2) is 24.9 Å². The normalized spacial score (nSPS) is 18.0. The van der Waals surface area contributed by atoms with Crippen LogP contribution in [0.15, 0.2) is 123 Å². The largest absolute Gasteiger partial charge is 0.381 e.